The zero-order valence-electron chi connectivity index (χ0n) is 18.3. The Hall–Kier alpha value is -1.09. The average Bonchev–Trinajstić information content (AvgIpc) is 2.66. The van der Waals surface area contributed by atoms with E-state index in [9.17, 15) is 4.79 Å². The van der Waals surface area contributed by atoms with Crippen LogP contribution in [0.2, 0.25) is 0 Å². The molecule has 0 spiro atoms. The molecule has 0 aliphatic carbocycles. The number of rotatable bonds is 16. The Balaban J connectivity index is 0. The van der Waals surface area contributed by atoms with E-state index in [0.717, 1.165) is 13.0 Å². The van der Waals surface area contributed by atoms with Gasteiger partial charge in [0.2, 0.25) is 5.91 Å². The van der Waals surface area contributed by atoms with Gasteiger partial charge in [0.25, 0.3) is 0 Å². The van der Waals surface area contributed by atoms with Gasteiger partial charge in [-0.3, -0.25) is 4.79 Å². The van der Waals surface area contributed by atoms with Crippen LogP contribution in [0.3, 0.4) is 0 Å². The molecule has 0 saturated heterocycles. The van der Waals surface area contributed by atoms with Crippen LogP contribution in [0.15, 0.2) is 24.4 Å². The monoisotopic (exact) mass is 412 g/mol. The molecule has 0 bridgehead atoms. The van der Waals surface area contributed by atoms with Crippen molar-refractivity contribution in [3.63, 3.8) is 0 Å². The maximum Gasteiger partial charge on any atom is 0.217 e. The van der Waals surface area contributed by atoms with Crippen molar-refractivity contribution < 1.29 is 21.8 Å². The molecular weight excluding hydrogens is 368 g/mol. The molecular formula is C24H45ClN2O. The molecule has 28 heavy (non-hydrogen) atoms. The fraction of sp³-hybridized carbons (Fsp3) is 0.750. The summed E-state index contributed by atoms with van der Waals surface area (Å²) in [5.74, 6) is -0.153. The summed E-state index contributed by atoms with van der Waals surface area (Å²) >= 11 is 0. The van der Waals surface area contributed by atoms with Crippen LogP contribution < -0.4 is 18.1 Å². The Morgan fingerprint density at radius 3 is 1.54 bits per heavy atom. The lowest BCUT2D eigenvalue weighted by molar-refractivity contribution is -0.436. The van der Waals surface area contributed by atoms with Gasteiger partial charge in [-0.25, -0.2) is 4.58 Å². The molecule has 0 radical (unpaired) electrons. The van der Waals surface area contributed by atoms with Crippen LogP contribution in [0.5, 0.6) is 0 Å². The van der Waals surface area contributed by atoms with Gasteiger partial charge in [-0.2, -0.15) is 0 Å². The number of hydrogen-bond acceptors (Lipinski definition) is 1. The number of carbonyl (C=O) groups is 1. The minimum absolute atomic E-state index is 0. The molecule has 1 rings (SSSR count). The topological polar surface area (TPSA) is 46.1 Å². The maximum atomic E-state index is 10.6. The normalized spacial score (nSPS) is 12.2. The first kappa shape index (κ1) is 29.1. The Morgan fingerprint density at radius 2 is 1.25 bits per heavy atom. The molecule has 1 amide bonds. The van der Waals surface area contributed by atoms with Crippen LogP contribution in [0.1, 0.15) is 110 Å². The number of nitrogens with two attached hydrogens (primary N) is 1. The van der Waals surface area contributed by atoms with E-state index in [0.29, 0.717) is 6.42 Å². The Kier molecular flexibility index (Phi) is 24.9. The van der Waals surface area contributed by atoms with Crippen molar-refractivity contribution in [3.8, 4) is 0 Å². The molecule has 0 saturated carbocycles. The predicted octanol–water partition coefficient (Wildman–Crippen LogP) is 3.52. The van der Waals surface area contributed by atoms with E-state index >= 15 is 0 Å². The van der Waals surface area contributed by atoms with Crippen molar-refractivity contribution in [2.75, 3.05) is 6.54 Å². The lowest BCUT2D eigenvalue weighted by atomic mass is 10.0. The van der Waals surface area contributed by atoms with Crippen molar-refractivity contribution in [1.29, 1.82) is 0 Å². The first-order valence-corrected chi connectivity index (χ1v) is 11.4. The molecule has 164 valence electrons. The molecule has 1 aliphatic rings. The summed E-state index contributed by atoms with van der Waals surface area (Å²) in [6, 6.07) is 0. The Bertz CT molecular complexity index is 419. The maximum absolute atomic E-state index is 10.6. The standard InChI is InChI=1S/C18H37NO.C6H8N.ClH/c1-2-3-4-5-6-7-8-9-10-11-12-13-14-15-16-17-18(19)20;1-7-5-3-2-4-6-7;/h2-17H2,1H3,(H2,19,20);2-5H,1,6H2;1H/q;+1;/p-1. The zero-order chi connectivity index (χ0) is 20.0. The summed E-state index contributed by atoms with van der Waals surface area (Å²) < 4.78 is 1.88. The average molecular weight is 413 g/mol. The van der Waals surface area contributed by atoms with Gasteiger partial charge in [0.1, 0.15) is 6.72 Å². The third-order valence-corrected chi connectivity index (χ3v) is 4.91. The molecule has 0 aromatic heterocycles. The molecule has 0 aromatic rings. The van der Waals surface area contributed by atoms with Gasteiger partial charge in [0.15, 0.2) is 12.7 Å². The van der Waals surface area contributed by atoms with Crippen molar-refractivity contribution in [2.45, 2.75) is 110 Å². The number of hydrogen-bond donors (Lipinski definition) is 1. The van der Waals surface area contributed by atoms with Crippen molar-refractivity contribution in [3.05, 3.63) is 24.4 Å². The van der Waals surface area contributed by atoms with Crippen LogP contribution in [-0.2, 0) is 4.79 Å². The molecule has 3 nitrogen and oxygen atoms in total. The minimum atomic E-state index is -0.153. The van der Waals surface area contributed by atoms with Gasteiger partial charge in [0.05, 0.1) is 0 Å². The van der Waals surface area contributed by atoms with Gasteiger partial charge >= 0.3 is 0 Å². The van der Waals surface area contributed by atoms with Crippen LogP contribution in [0.25, 0.3) is 0 Å². The molecule has 0 unspecified atom stereocenters. The third kappa shape index (κ3) is 24.9. The summed E-state index contributed by atoms with van der Waals surface area (Å²) in [7, 11) is 0. The molecule has 4 heteroatoms. The van der Waals surface area contributed by atoms with E-state index in [2.05, 4.69) is 19.7 Å². The molecule has 1 heterocycles. The Morgan fingerprint density at radius 1 is 0.821 bits per heavy atom. The molecule has 0 atom stereocenters. The smallest absolute Gasteiger partial charge is 0.217 e. The largest absolute Gasteiger partial charge is 1.00 e. The zero-order valence-corrected chi connectivity index (χ0v) is 19.1. The number of primary amides is 1. The number of allylic oxidation sites excluding steroid dienone is 2. The van der Waals surface area contributed by atoms with Crippen LogP contribution in [0, 0.1) is 0 Å². The van der Waals surface area contributed by atoms with Crippen molar-refractivity contribution in [1.82, 2.24) is 0 Å². The quantitative estimate of drug-likeness (QED) is 0.306. The second-order valence-corrected chi connectivity index (χ2v) is 7.71. The summed E-state index contributed by atoms with van der Waals surface area (Å²) in [6.07, 6.45) is 28.9. The van der Waals surface area contributed by atoms with E-state index < -0.39 is 0 Å². The minimum Gasteiger partial charge on any atom is -1.00 e. The second-order valence-electron chi connectivity index (χ2n) is 7.71. The Labute approximate surface area is 181 Å². The fourth-order valence-electron chi connectivity index (χ4n) is 3.18. The highest BCUT2D eigenvalue weighted by Crippen LogP contribution is 2.13. The van der Waals surface area contributed by atoms with E-state index in [1.807, 2.05) is 22.9 Å². The van der Waals surface area contributed by atoms with Crippen LogP contribution in [-0.4, -0.2) is 23.7 Å². The lowest BCUT2D eigenvalue weighted by Gasteiger charge is -2.03. The number of unbranched alkanes of at least 4 members (excludes halogenated alkanes) is 14. The number of nitrogens with zero attached hydrogens (tertiary/aromatic N) is 1. The summed E-state index contributed by atoms with van der Waals surface area (Å²) in [6.45, 7) is 6.91. The van der Waals surface area contributed by atoms with Crippen molar-refractivity contribution >= 4 is 12.6 Å². The number of carbonyl (C=O) groups excluding carboxylic acids is 1. The SMILES string of the molecule is C=[N+]1C=CC=CC1.CCCCCCCCCCCCCCCCCC(N)=O.[Cl-]. The summed E-state index contributed by atoms with van der Waals surface area (Å²) in [5.41, 5.74) is 5.11. The van der Waals surface area contributed by atoms with E-state index in [-0.39, 0.29) is 18.3 Å². The third-order valence-electron chi connectivity index (χ3n) is 4.91. The van der Waals surface area contributed by atoms with E-state index in [1.165, 1.54) is 89.9 Å². The van der Waals surface area contributed by atoms with Gasteiger partial charge in [-0.15, -0.1) is 0 Å². The number of amides is 1. The highest BCUT2D eigenvalue weighted by Gasteiger charge is 1.96. The van der Waals surface area contributed by atoms with Gasteiger partial charge in [-0.1, -0.05) is 103 Å². The molecule has 2 N–H and O–H groups in total. The highest BCUT2D eigenvalue weighted by molar-refractivity contribution is 5.73. The first-order chi connectivity index (χ1) is 13.2. The van der Waals surface area contributed by atoms with Crippen molar-refractivity contribution in [2.24, 2.45) is 5.73 Å². The van der Waals surface area contributed by atoms with Gasteiger partial charge < -0.3 is 18.1 Å². The molecule has 0 fully saturated rings. The molecule has 0 aromatic carbocycles. The van der Waals surface area contributed by atoms with E-state index in [4.69, 9.17) is 5.73 Å². The first-order valence-electron chi connectivity index (χ1n) is 11.4. The van der Waals surface area contributed by atoms with Crippen LogP contribution >= 0.6 is 0 Å². The lowest BCUT2D eigenvalue weighted by Crippen LogP contribution is -3.00. The summed E-state index contributed by atoms with van der Waals surface area (Å²) in [4.78, 5) is 10.6. The molecule has 1 aliphatic heterocycles. The van der Waals surface area contributed by atoms with Crippen LogP contribution in [0.4, 0.5) is 0 Å². The van der Waals surface area contributed by atoms with Gasteiger partial charge in [-0.05, 0) is 12.5 Å². The predicted molar refractivity (Wildman–Crippen MR) is 119 cm³/mol. The number of halogens is 1. The van der Waals surface area contributed by atoms with E-state index in [1.54, 1.807) is 0 Å². The highest BCUT2D eigenvalue weighted by atomic mass is 35.5. The second kappa shape index (κ2) is 23.9. The van der Waals surface area contributed by atoms with Gasteiger partial charge in [0, 0.05) is 12.5 Å². The fourth-order valence-corrected chi connectivity index (χ4v) is 3.18. The summed E-state index contributed by atoms with van der Waals surface area (Å²) in [5, 5.41) is 0.